The van der Waals surface area contributed by atoms with Gasteiger partial charge in [-0.2, -0.15) is 0 Å². The van der Waals surface area contributed by atoms with Crippen molar-refractivity contribution in [3.63, 3.8) is 0 Å². The molecule has 0 amide bonds. The van der Waals surface area contributed by atoms with Crippen molar-refractivity contribution >= 4 is 11.7 Å². The van der Waals surface area contributed by atoms with E-state index < -0.39 is 40.5 Å². The van der Waals surface area contributed by atoms with Crippen molar-refractivity contribution in [1.29, 1.82) is 0 Å². The van der Waals surface area contributed by atoms with Gasteiger partial charge >= 0.3 is 22.9 Å². The lowest BCUT2D eigenvalue weighted by molar-refractivity contribution is -0.387. The third-order valence-corrected chi connectivity index (χ3v) is 2.16. The molecule has 0 saturated carbocycles. The number of aryl methyl sites for hydroxylation is 1. The molecule has 0 unspecified atom stereocenters. The summed E-state index contributed by atoms with van der Waals surface area (Å²) in [4.78, 5) is 44.6. The number of aromatic nitrogens is 2. The lowest BCUT2D eigenvalue weighted by Gasteiger charge is -2.09. The summed E-state index contributed by atoms with van der Waals surface area (Å²) >= 11 is 0. The molecule has 0 aliphatic carbocycles. The number of ether oxygens (including phenoxy) is 1. The molecule has 1 aromatic rings. The summed E-state index contributed by atoms with van der Waals surface area (Å²) in [5.74, 6) is -0.810. The Labute approximate surface area is 107 Å². The molecule has 0 fully saturated rings. The number of esters is 1. The van der Waals surface area contributed by atoms with E-state index in [9.17, 15) is 24.5 Å². The van der Waals surface area contributed by atoms with Crippen LogP contribution in [-0.2, 0) is 23.1 Å². The number of carbonyl (C=O) groups excluding carboxylic acids is 1. The maximum absolute atomic E-state index is 11.7. The minimum atomic E-state index is -1.13. The van der Waals surface area contributed by atoms with Crippen molar-refractivity contribution in [2.24, 2.45) is 7.05 Å². The highest BCUT2D eigenvalue weighted by Gasteiger charge is 2.20. The number of nitro groups is 1. The molecular weight excluding hydrogens is 258 g/mol. The molecule has 0 aromatic carbocycles. The fourth-order valence-electron chi connectivity index (χ4n) is 1.40. The summed E-state index contributed by atoms with van der Waals surface area (Å²) in [6.07, 6.45) is 0.403. The zero-order valence-electron chi connectivity index (χ0n) is 10.7. The van der Waals surface area contributed by atoms with Gasteiger partial charge in [0, 0.05) is 7.05 Å². The number of nitrogens with zero attached hydrogens (tertiary/aromatic N) is 3. The van der Waals surface area contributed by atoms with Crippen LogP contribution in [0.5, 0.6) is 0 Å². The number of hydrogen-bond acceptors (Lipinski definition) is 6. The maximum Gasteiger partial charge on any atom is 0.350 e. The summed E-state index contributed by atoms with van der Waals surface area (Å²) in [7, 11) is 1.25. The van der Waals surface area contributed by atoms with E-state index in [0.717, 1.165) is 10.8 Å². The van der Waals surface area contributed by atoms with Crippen molar-refractivity contribution in [1.82, 2.24) is 9.13 Å². The Balaban J connectivity index is 3.28. The standard InChI is InChI=1S/C10H13N3O6/c1-6(2)19-8(14)5-12-9(15)7(13(17)18)4-11(3)10(12)16/h4,6H,5H2,1-3H3. The van der Waals surface area contributed by atoms with Crippen molar-refractivity contribution in [2.45, 2.75) is 26.5 Å². The van der Waals surface area contributed by atoms with E-state index in [-0.39, 0.29) is 0 Å². The van der Waals surface area contributed by atoms with Crippen LogP contribution in [-0.4, -0.2) is 26.1 Å². The molecule has 19 heavy (non-hydrogen) atoms. The third kappa shape index (κ3) is 3.27. The van der Waals surface area contributed by atoms with E-state index in [2.05, 4.69) is 0 Å². The lowest BCUT2D eigenvalue weighted by atomic mass is 10.4. The lowest BCUT2D eigenvalue weighted by Crippen LogP contribution is -2.41. The van der Waals surface area contributed by atoms with Gasteiger partial charge in [-0.3, -0.25) is 24.3 Å². The van der Waals surface area contributed by atoms with E-state index in [1.165, 1.54) is 7.05 Å². The van der Waals surface area contributed by atoms with Crippen LogP contribution in [0.2, 0.25) is 0 Å². The van der Waals surface area contributed by atoms with Gasteiger partial charge in [0.25, 0.3) is 0 Å². The van der Waals surface area contributed by atoms with Gasteiger partial charge in [-0.25, -0.2) is 9.36 Å². The largest absolute Gasteiger partial charge is 0.462 e. The average Bonchev–Trinajstić information content (AvgIpc) is 2.28. The zero-order valence-corrected chi connectivity index (χ0v) is 10.7. The van der Waals surface area contributed by atoms with Gasteiger partial charge in [-0.1, -0.05) is 0 Å². The SMILES string of the molecule is CC(C)OC(=O)Cn1c(=O)c([N+](=O)[O-])cn(C)c1=O. The van der Waals surface area contributed by atoms with Crippen LogP contribution < -0.4 is 11.2 Å². The fourth-order valence-corrected chi connectivity index (χ4v) is 1.40. The van der Waals surface area contributed by atoms with Crippen LogP contribution in [0.15, 0.2) is 15.8 Å². The first kappa shape index (κ1) is 14.6. The third-order valence-electron chi connectivity index (χ3n) is 2.16. The van der Waals surface area contributed by atoms with Crippen LogP contribution in [0.25, 0.3) is 0 Å². The quantitative estimate of drug-likeness (QED) is 0.410. The number of carbonyl (C=O) groups is 1. The predicted octanol–water partition coefficient (Wildman–Crippen LogP) is -0.593. The Bertz CT molecular complexity index is 627. The first-order valence-corrected chi connectivity index (χ1v) is 5.38. The summed E-state index contributed by atoms with van der Waals surface area (Å²) in [6.45, 7) is 2.55. The van der Waals surface area contributed by atoms with E-state index in [4.69, 9.17) is 4.74 Å². The molecule has 1 aromatic heterocycles. The number of hydrogen-bond donors (Lipinski definition) is 0. The van der Waals surface area contributed by atoms with Gasteiger partial charge in [0.15, 0.2) is 0 Å². The van der Waals surface area contributed by atoms with Crippen LogP contribution in [0.3, 0.4) is 0 Å². The van der Waals surface area contributed by atoms with E-state index in [1.54, 1.807) is 13.8 Å². The zero-order chi connectivity index (χ0) is 14.7. The van der Waals surface area contributed by atoms with Gasteiger partial charge < -0.3 is 4.74 Å². The highest BCUT2D eigenvalue weighted by Crippen LogP contribution is 1.99. The van der Waals surface area contributed by atoms with E-state index >= 15 is 0 Å². The Morgan fingerprint density at radius 2 is 2.05 bits per heavy atom. The topological polar surface area (TPSA) is 113 Å². The minimum Gasteiger partial charge on any atom is -0.462 e. The molecule has 0 aliphatic heterocycles. The molecule has 9 nitrogen and oxygen atoms in total. The van der Waals surface area contributed by atoms with Crippen molar-refractivity contribution in [2.75, 3.05) is 0 Å². The van der Waals surface area contributed by atoms with Gasteiger partial charge in [0.05, 0.1) is 17.2 Å². The van der Waals surface area contributed by atoms with Gasteiger partial charge in [0.1, 0.15) is 6.54 Å². The normalized spacial score (nSPS) is 10.5. The molecule has 104 valence electrons. The predicted molar refractivity (Wildman–Crippen MR) is 63.8 cm³/mol. The average molecular weight is 271 g/mol. The molecule has 1 heterocycles. The second kappa shape index (κ2) is 5.46. The monoisotopic (exact) mass is 271 g/mol. The Hall–Kier alpha value is -2.45. The highest BCUT2D eigenvalue weighted by molar-refractivity contribution is 5.69. The molecule has 0 radical (unpaired) electrons. The Kier molecular flexibility index (Phi) is 4.20. The molecule has 1 rings (SSSR count). The molecule has 0 aliphatic rings. The van der Waals surface area contributed by atoms with Crippen molar-refractivity contribution < 1.29 is 14.5 Å². The second-order valence-corrected chi connectivity index (χ2v) is 4.09. The molecule has 0 N–H and O–H groups in total. The van der Waals surface area contributed by atoms with Crippen molar-refractivity contribution in [3.05, 3.63) is 37.1 Å². The molecule has 0 spiro atoms. The van der Waals surface area contributed by atoms with Crippen LogP contribution >= 0.6 is 0 Å². The first-order valence-electron chi connectivity index (χ1n) is 5.38. The molecule has 9 heteroatoms. The molecular formula is C10H13N3O6. The highest BCUT2D eigenvalue weighted by atomic mass is 16.6. The van der Waals surface area contributed by atoms with Crippen molar-refractivity contribution in [3.8, 4) is 0 Å². The molecule has 0 saturated heterocycles. The Morgan fingerprint density at radius 1 is 1.47 bits per heavy atom. The smallest absolute Gasteiger partial charge is 0.350 e. The molecule has 0 bridgehead atoms. The maximum atomic E-state index is 11.7. The molecule has 0 atom stereocenters. The van der Waals surface area contributed by atoms with Gasteiger partial charge in [-0.05, 0) is 13.8 Å². The Morgan fingerprint density at radius 3 is 2.53 bits per heavy atom. The summed E-state index contributed by atoms with van der Waals surface area (Å²) < 4.78 is 6.13. The van der Waals surface area contributed by atoms with Gasteiger partial charge in [-0.15, -0.1) is 0 Å². The van der Waals surface area contributed by atoms with Crippen LogP contribution in [0, 0.1) is 10.1 Å². The minimum absolute atomic E-state index is 0.411. The van der Waals surface area contributed by atoms with Crippen LogP contribution in [0.4, 0.5) is 5.69 Å². The summed E-state index contributed by atoms with van der Waals surface area (Å²) in [5, 5.41) is 10.7. The van der Waals surface area contributed by atoms with E-state index in [0.29, 0.717) is 4.57 Å². The summed E-state index contributed by atoms with van der Waals surface area (Å²) in [5.41, 5.74) is -2.73. The van der Waals surface area contributed by atoms with Gasteiger partial charge in [0.2, 0.25) is 0 Å². The fraction of sp³-hybridized carbons (Fsp3) is 0.500. The van der Waals surface area contributed by atoms with E-state index in [1.807, 2.05) is 0 Å². The summed E-state index contributed by atoms with van der Waals surface area (Å²) in [6, 6.07) is 0. The number of rotatable bonds is 4. The van der Waals surface area contributed by atoms with Crippen LogP contribution in [0.1, 0.15) is 13.8 Å². The second-order valence-electron chi connectivity index (χ2n) is 4.09. The first-order chi connectivity index (χ1) is 8.73.